The van der Waals surface area contributed by atoms with Crippen LogP contribution in [0.4, 0.5) is 0 Å². The number of nitrogens with zero attached hydrogens (tertiary/aromatic N) is 1. The van der Waals surface area contributed by atoms with Crippen molar-refractivity contribution < 1.29 is 23.4 Å². The van der Waals surface area contributed by atoms with E-state index in [0.29, 0.717) is 3.57 Å². The van der Waals surface area contributed by atoms with Crippen LogP contribution in [0.3, 0.4) is 0 Å². The number of hydrogen-bond donors (Lipinski definition) is 2. The molecule has 1 aliphatic carbocycles. The van der Waals surface area contributed by atoms with Crippen molar-refractivity contribution in [3.63, 3.8) is 0 Å². The molecule has 116 valence electrons. The molecule has 0 amide bonds. The third kappa shape index (κ3) is 3.38. The minimum Gasteiger partial charge on any atom is -0.478 e. The molecule has 0 aliphatic heterocycles. The Morgan fingerprint density at radius 1 is 1.38 bits per heavy atom. The van der Waals surface area contributed by atoms with Gasteiger partial charge in [0.25, 0.3) is 0 Å². The van der Waals surface area contributed by atoms with Gasteiger partial charge in [-0.15, -0.1) is 0 Å². The minimum atomic E-state index is -3.79. The van der Waals surface area contributed by atoms with E-state index in [1.807, 2.05) is 22.6 Å². The molecule has 1 fully saturated rings. The van der Waals surface area contributed by atoms with Crippen LogP contribution < -0.4 is 0 Å². The lowest BCUT2D eigenvalue weighted by atomic mass is 9.93. The molecule has 0 aromatic heterocycles. The Labute approximate surface area is 137 Å². The predicted octanol–water partition coefficient (Wildman–Crippen LogP) is 1.52. The number of hydrogen-bond acceptors (Lipinski definition) is 4. The van der Waals surface area contributed by atoms with Crippen molar-refractivity contribution in [3.8, 4) is 0 Å². The second kappa shape index (κ2) is 6.59. The molecule has 21 heavy (non-hydrogen) atoms. The molecule has 6 nitrogen and oxygen atoms in total. The van der Waals surface area contributed by atoms with E-state index in [2.05, 4.69) is 0 Å². The second-order valence-electron chi connectivity index (χ2n) is 4.87. The highest BCUT2D eigenvalue weighted by molar-refractivity contribution is 14.1. The zero-order valence-electron chi connectivity index (χ0n) is 11.2. The van der Waals surface area contributed by atoms with Gasteiger partial charge in [-0.2, -0.15) is 4.31 Å². The summed E-state index contributed by atoms with van der Waals surface area (Å²) in [7, 11) is -3.79. The van der Waals surface area contributed by atoms with Crippen molar-refractivity contribution in [3.05, 3.63) is 27.3 Å². The number of carboxylic acids is 1. The van der Waals surface area contributed by atoms with E-state index in [1.165, 1.54) is 22.5 Å². The molecule has 2 N–H and O–H groups in total. The van der Waals surface area contributed by atoms with E-state index in [9.17, 15) is 13.2 Å². The lowest BCUT2D eigenvalue weighted by molar-refractivity contribution is 0.0695. The highest BCUT2D eigenvalue weighted by atomic mass is 127. The molecular weight excluding hydrogens is 409 g/mol. The van der Waals surface area contributed by atoms with Crippen molar-refractivity contribution >= 4 is 38.6 Å². The van der Waals surface area contributed by atoms with Crippen molar-refractivity contribution in [2.24, 2.45) is 0 Å². The van der Waals surface area contributed by atoms with Gasteiger partial charge >= 0.3 is 5.97 Å². The number of sulfonamides is 1. The van der Waals surface area contributed by atoms with E-state index in [1.54, 1.807) is 0 Å². The van der Waals surface area contributed by atoms with Gasteiger partial charge in [-0.1, -0.05) is 6.42 Å². The molecule has 0 atom stereocenters. The highest BCUT2D eigenvalue weighted by Gasteiger charge is 2.34. The third-order valence-electron chi connectivity index (χ3n) is 3.58. The van der Waals surface area contributed by atoms with Gasteiger partial charge in [0.05, 0.1) is 17.1 Å². The van der Waals surface area contributed by atoms with E-state index in [0.717, 1.165) is 19.3 Å². The SMILES string of the molecule is O=C(O)c1cc(S(=O)(=O)N(CCO)C2CCC2)ccc1I. The molecule has 0 unspecified atom stereocenters. The van der Waals surface area contributed by atoms with Crippen LogP contribution in [0.1, 0.15) is 29.6 Å². The molecule has 0 saturated heterocycles. The Morgan fingerprint density at radius 2 is 2.05 bits per heavy atom. The quantitative estimate of drug-likeness (QED) is 0.675. The van der Waals surface area contributed by atoms with Crippen LogP contribution >= 0.6 is 22.6 Å². The molecule has 1 aromatic rings. The first-order chi connectivity index (χ1) is 9.87. The fourth-order valence-corrected chi connectivity index (χ4v) is 4.51. The second-order valence-corrected chi connectivity index (χ2v) is 7.92. The van der Waals surface area contributed by atoms with E-state index in [-0.39, 0.29) is 29.7 Å². The molecule has 8 heteroatoms. The summed E-state index contributed by atoms with van der Waals surface area (Å²) in [6.07, 6.45) is 2.51. The Kier molecular flexibility index (Phi) is 5.23. The van der Waals surface area contributed by atoms with Gasteiger partial charge in [-0.25, -0.2) is 13.2 Å². The van der Waals surface area contributed by atoms with Gasteiger partial charge in [0.2, 0.25) is 10.0 Å². The number of carbonyl (C=O) groups is 1. The van der Waals surface area contributed by atoms with Gasteiger partial charge in [0.1, 0.15) is 0 Å². The summed E-state index contributed by atoms with van der Waals surface area (Å²) in [5, 5.41) is 18.2. The van der Waals surface area contributed by atoms with Crippen molar-refractivity contribution in [1.82, 2.24) is 4.31 Å². The average molecular weight is 425 g/mol. The van der Waals surface area contributed by atoms with E-state index < -0.39 is 16.0 Å². The lowest BCUT2D eigenvalue weighted by Crippen LogP contribution is -2.45. The first-order valence-corrected chi connectivity index (χ1v) is 9.05. The maximum Gasteiger partial charge on any atom is 0.336 e. The number of aliphatic hydroxyl groups is 1. The fraction of sp³-hybridized carbons (Fsp3) is 0.462. The number of aliphatic hydroxyl groups excluding tert-OH is 1. The normalized spacial score (nSPS) is 16.0. The molecular formula is C13H16INO5S. The zero-order chi connectivity index (χ0) is 15.6. The molecule has 0 bridgehead atoms. The number of carboxylic acid groups (broad SMARTS) is 1. The lowest BCUT2D eigenvalue weighted by Gasteiger charge is -2.36. The van der Waals surface area contributed by atoms with Gasteiger partial charge in [-0.05, 0) is 53.6 Å². The van der Waals surface area contributed by atoms with Crippen molar-refractivity contribution in [2.45, 2.75) is 30.2 Å². The summed E-state index contributed by atoms with van der Waals surface area (Å²) < 4.78 is 27.1. The molecule has 1 saturated carbocycles. The highest BCUT2D eigenvalue weighted by Crippen LogP contribution is 2.30. The zero-order valence-corrected chi connectivity index (χ0v) is 14.2. The predicted molar refractivity (Wildman–Crippen MR) is 84.7 cm³/mol. The molecule has 0 heterocycles. The van der Waals surface area contributed by atoms with E-state index >= 15 is 0 Å². The van der Waals surface area contributed by atoms with Crippen LogP contribution in [0.5, 0.6) is 0 Å². The first kappa shape index (κ1) is 16.7. The maximum absolute atomic E-state index is 12.7. The Balaban J connectivity index is 2.41. The van der Waals surface area contributed by atoms with Gasteiger partial charge in [0, 0.05) is 16.2 Å². The van der Waals surface area contributed by atoms with Crippen LogP contribution in [-0.4, -0.2) is 48.1 Å². The average Bonchev–Trinajstić information content (AvgIpc) is 2.36. The molecule has 1 aromatic carbocycles. The first-order valence-electron chi connectivity index (χ1n) is 6.53. The summed E-state index contributed by atoms with van der Waals surface area (Å²) in [6.45, 7) is -0.229. The number of rotatable bonds is 6. The standard InChI is InChI=1S/C13H16INO5S/c14-12-5-4-10(8-11(12)13(17)18)21(19,20)15(6-7-16)9-2-1-3-9/h4-5,8-9,16H,1-3,6-7H2,(H,17,18). The summed E-state index contributed by atoms with van der Waals surface area (Å²) in [6, 6.07) is 3.97. The summed E-state index contributed by atoms with van der Waals surface area (Å²) in [5.41, 5.74) is -0.0331. The van der Waals surface area contributed by atoms with Crippen LogP contribution in [0.25, 0.3) is 0 Å². The van der Waals surface area contributed by atoms with Crippen molar-refractivity contribution in [1.29, 1.82) is 0 Å². The fourth-order valence-electron chi connectivity index (χ4n) is 2.24. The largest absolute Gasteiger partial charge is 0.478 e. The van der Waals surface area contributed by atoms with Gasteiger partial charge < -0.3 is 10.2 Å². The topological polar surface area (TPSA) is 94.9 Å². The Hall–Kier alpha value is -0.710. The maximum atomic E-state index is 12.7. The van der Waals surface area contributed by atoms with Crippen LogP contribution in [0.2, 0.25) is 0 Å². The smallest absolute Gasteiger partial charge is 0.336 e. The van der Waals surface area contributed by atoms with Crippen LogP contribution in [0.15, 0.2) is 23.1 Å². The monoisotopic (exact) mass is 425 g/mol. The third-order valence-corrected chi connectivity index (χ3v) is 6.47. The Morgan fingerprint density at radius 3 is 2.52 bits per heavy atom. The molecule has 1 aliphatic rings. The molecule has 0 spiro atoms. The summed E-state index contributed by atoms with van der Waals surface area (Å²) in [4.78, 5) is 11.1. The number of aromatic carboxylic acids is 1. The molecule has 0 radical (unpaired) electrons. The minimum absolute atomic E-state index is 0.0292. The van der Waals surface area contributed by atoms with Crippen LogP contribution in [-0.2, 0) is 10.0 Å². The molecule has 2 rings (SSSR count). The van der Waals surface area contributed by atoms with Crippen LogP contribution in [0, 0.1) is 3.57 Å². The van der Waals surface area contributed by atoms with E-state index in [4.69, 9.17) is 10.2 Å². The number of halogens is 1. The van der Waals surface area contributed by atoms with Gasteiger partial charge in [-0.3, -0.25) is 0 Å². The summed E-state index contributed by atoms with van der Waals surface area (Å²) >= 11 is 1.86. The Bertz CT molecular complexity index is 642. The number of benzene rings is 1. The van der Waals surface area contributed by atoms with Crippen molar-refractivity contribution in [2.75, 3.05) is 13.2 Å². The van der Waals surface area contributed by atoms with Gasteiger partial charge in [0.15, 0.2) is 0 Å². The summed E-state index contributed by atoms with van der Waals surface area (Å²) in [5.74, 6) is -1.16.